The van der Waals surface area contributed by atoms with Gasteiger partial charge in [0.1, 0.15) is 23.9 Å². The summed E-state index contributed by atoms with van der Waals surface area (Å²) in [4.78, 5) is 49.0. The SMILES string of the molecule is COc1ccc(C(S[C@H]2O[C@H](COC(C)=O)[C@@H](OC(C)=O)[C@H](OC(C)=O)[C@@H]2OC(C)=O)(c2ccccc2)c2ccccc2)cc1. The van der Waals surface area contributed by atoms with Gasteiger partial charge in [0.05, 0.1) is 11.9 Å². The predicted octanol–water partition coefficient (Wildman–Crippen LogP) is 4.80. The largest absolute Gasteiger partial charge is 0.497 e. The van der Waals surface area contributed by atoms with Gasteiger partial charge in [-0.1, -0.05) is 72.8 Å². The molecule has 0 bridgehead atoms. The lowest BCUT2D eigenvalue weighted by Crippen LogP contribution is -2.62. The molecule has 1 aliphatic heterocycles. The first-order valence-corrected chi connectivity index (χ1v) is 15.2. The average Bonchev–Trinajstić information content (AvgIpc) is 3.02. The summed E-state index contributed by atoms with van der Waals surface area (Å²) >= 11 is 1.31. The molecule has 0 saturated carbocycles. The fourth-order valence-electron chi connectivity index (χ4n) is 5.33. The van der Waals surface area contributed by atoms with E-state index >= 15 is 0 Å². The molecule has 238 valence electrons. The summed E-state index contributed by atoms with van der Waals surface area (Å²) in [7, 11) is 1.59. The van der Waals surface area contributed by atoms with Gasteiger partial charge in [-0.3, -0.25) is 19.2 Å². The van der Waals surface area contributed by atoms with Crippen LogP contribution in [0.5, 0.6) is 5.75 Å². The van der Waals surface area contributed by atoms with Crippen molar-refractivity contribution >= 4 is 35.6 Å². The van der Waals surface area contributed by atoms with Gasteiger partial charge in [-0.25, -0.2) is 0 Å². The number of ether oxygens (including phenoxy) is 6. The van der Waals surface area contributed by atoms with Crippen LogP contribution in [0.4, 0.5) is 0 Å². The maximum absolute atomic E-state index is 12.5. The van der Waals surface area contributed by atoms with E-state index in [0.717, 1.165) is 16.7 Å². The van der Waals surface area contributed by atoms with Gasteiger partial charge < -0.3 is 28.4 Å². The number of benzene rings is 3. The summed E-state index contributed by atoms with van der Waals surface area (Å²) in [5.74, 6) is -1.98. The molecule has 1 aliphatic rings. The molecule has 45 heavy (non-hydrogen) atoms. The Morgan fingerprint density at radius 1 is 0.644 bits per heavy atom. The number of thioether (sulfide) groups is 1. The van der Waals surface area contributed by atoms with Gasteiger partial charge in [0.15, 0.2) is 18.3 Å². The molecule has 4 rings (SSSR count). The molecule has 0 aliphatic carbocycles. The summed E-state index contributed by atoms with van der Waals surface area (Å²) in [6.45, 7) is 4.53. The van der Waals surface area contributed by atoms with Crippen molar-refractivity contribution in [1.82, 2.24) is 0 Å². The molecule has 3 aromatic rings. The molecule has 10 nitrogen and oxygen atoms in total. The van der Waals surface area contributed by atoms with Crippen molar-refractivity contribution < 1.29 is 47.6 Å². The fraction of sp³-hybridized carbons (Fsp3) is 0.353. The normalized spacial score (nSPS) is 21.2. The Kier molecular flexibility index (Phi) is 11.2. The highest BCUT2D eigenvalue weighted by Gasteiger charge is 2.55. The van der Waals surface area contributed by atoms with Crippen molar-refractivity contribution in [2.45, 2.75) is 62.3 Å². The molecule has 0 N–H and O–H groups in total. The Labute approximate surface area is 266 Å². The van der Waals surface area contributed by atoms with Crippen LogP contribution < -0.4 is 4.74 Å². The van der Waals surface area contributed by atoms with Crippen LogP contribution in [0.1, 0.15) is 44.4 Å². The third-order valence-electron chi connectivity index (χ3n) is 7.10. The molecular formula is C34H36O10S. The van der Waals surface area contributed by atoms with E-state index in [1.54, 1.807) is 7.11 Å². The predicted molar refractivity (Wildman–Crippen MR) is 165 cm³/mol. The van der Waals surface area contributed by atoms with Crippen LogP contribution in [0.3, 0.4) is 0 Å². The third kappa shape index (κ3) is 8.03. The molecule has 0 amide bonds. The van der Waals surface area contributed by atoms with Crippen molar-refractivity contribution in [2.24, 2.45) is 0 Å². The van der Waals surface area contributed by atoms with E-state index in [1.807, 2.05) is 84.9 Å². The summed E-state index contributed by atoms with van der Waals surface area (Å²) in [6, 6.07) is 27.0. The van der Waals surface area contributed by atoms with Gasteiger partial charge in [-0.15, -0.1) is 11.8 Å². The number of rotatable bonds is 11. The minimum atomic E-state index is -1.29. The van der Waals surface area contributed by atoms with Gasteiger partial charge in [-0.2, -0.15) is 0 Å². The topological polar surface area (TPSA) is 124 Å². The molecule has 1 saturated heterocycles. The van der Waals surface area contributed by atoms with Gasteiger partial charge >= 0.3 is 23.9 Å². The van der Waals surface area contributed by atoms with E-state index in [4.69, 9.17) is 28.4 Å². The van der Waals surface area contributed by atoms with Gasteiger partial charge in [0.25, 0.3) is 0 Å². The fourth-order valence-corrected chi connectivity index (χ4v) is 7.04. The van der Waals surface area contributed by atoms with Crippen LogP contribution in [-0.4, -0.2) is 67.4 Å². The van der Waals surface area contributed by atoms with E-state index in [-0.39, 0.29) is 6.61 Å². The lowest BCUT2D eigenvalue weighted by Gasteiger charge is -2.47. The first kappa shape index (κ1) is 33.5. The lowest BCUT2D eigenvalue weighted by molar-refractivity contribution is -0.237. The highest BCUT2D eigenvalue weighted by Crippen LogP contribution is 2.53. The van der Waals surface area contributed by atoms with Gasteiger partial charge in [0, 0.05) is 27.7 Å². The van der Waals surface area contributed by atoms with Crippen molar-refractivity contribution in [3.05, 3.63) is 102 Å². The summed E-state index contributed by atoms with van der Waals surface area (Å²) < 4.78 is 33.4. The van der Waals surface area contributed by atoms with E-state index in [0.29, 0.717) is 5.75 Å². The van der Waals surface area contributed by atoms with E-state index in [2.05, 4.69) is 0 Å². The van der Waals surface area contributed by atoms with Crippen molar-refractivity contribution in [2.75, 3.05) is 13.7 Å². The van der Waals surface area contributed by atoms with Crippen LogP contribution >= 0.6 is 11.8 Å². The Hall–Kier alpha value is -4.35. The Morgan fingerprint density at radius 2 is 1.11 bits per heavy atom. The molecule has 0 aromatic heterocycles. The molecule has 0 unspecified atom stereocenters. The second-order valence-corrected chi connectivity index (χ2v) is 11.6. The van der Waals surface area contributed by atoms with Gasteiger partial charge in [0.2, 0.25) is 0 Å². The van der Waals surface area contributed by atoms with E-state index in [9.17, 15) is 19.2 Å². The number of hydrogen-bond acceptors (Lipinski definition) is 11. The monoisotopic (exact) mass is 636 g/mol. The lowest BCUT2D eigenvalue weighted by atomic mass is 9.84. The van der Waals surface area contributed by atoms with Crippen molar-refractivity contribution in [1.29, 1.82) is 0 Å². The highest BCUT2D eigenvalue weighted by molar-refractivity contribution is 8.01. The zero-order chi connectivity index (χ0) is 32.6. The average molecular weight is 637 g/mol. The molecule has 0 spiro atoms. The smallest absolute Gasteiger partial charge is 0.303 e. The van der Waals surface area contributed by atoms with Crippen molar-refractivity contribution in [3.8, 4) is 5.75 Å². The first-order valence-electron chi connectivity index (χ1n) is 14.3. The quantitative estimate of drug-likeness (QED) is 0.164. The minimum absolute atomic E-state index is 0.318. The van der Waals surface area contributed by atoms with Crippen LogP contribution in [0.2, 0.25) is 0 Å². The number of methoxy groups -OCH3 is 1. The Morgan fingerprint density at radius 3 is 1.58 bits per heavy atom. The number of hydrogen-bond donors (Lipinski definition) is 0. The second kappa shape index (κ2) is 15.1. The summed E-state index contributed by atoms with van der Waals surface area (Å²) in [5.41, 5.74) is 1.56. The molecule has 3 aromatic carbocycles. The highest BCUT2D eigenvalue weighted by atomic mass is 32.2. The number of carbonyl (C=O) groups excluding carboxylic acids is 4. The summed E-state index contributed by atoms with van der Waals surface area (Å²) in [6.07, 6.45) is -4.86. The molecule has 0 radical (unpaired) electrons. The third-order valence-corrected chi connectivity index (χ3v) is 8.77. The van der Waals surface area contributed by atoms with Crippen LogP contribution in [0.25, 0.3) is 0 Å². The van der Waals surface area contributed by atoms with Crippen LogP contribution in [0, 0.1) is 0 Å². The number of esters is 4. The van der Waals surface area contributed by atoms with Crippen molar-refractivity contribution in [3.63, 3.8) is 0 Å². The molecular weight excluding hydrogens is 600 g/mol. The molecule has 11 heteroatoms. The second-order valence-electron chi connectivity index (χ2n) is 10.3. The van der Waals surface area contributed by atoms with E-state index < -0.39 is 58.5 Å². The summed E-state index contributed by atoms with van der Waals surface area (Å²) in [5, 5.41) is 0. The molecule has 1 fully saturated rings. The van der Waals surface area contributed by atoms with Crippen LogP contribution in [-0.2, 0) is 47.6 Å². The minimum Gasteiger partial charge on any atom is -0.497 e. The Bertz CT molecular complexity index is 1420. The number of carbonyl (C=O) groups is 4. The van der Waals surface area contributed by atoms with E-state index in [1.165, 1.54) is 39.5 Å². The standard InChI is InChI=1S/C34H36O10S/c1-21(35)40-20-29-30(41-22(2)36)31(42-23(3)37)32(43-24(4)38)33(44-29)45-34(25-12-8-6-9-13-25,26-14-10-7-11-15-26)27-16-18-28(39-5)19-17-27/h6-19,29-33H,20H2,1-5H3/t29-,30-,31+,32+,33-/m1/s1. The molecule has 1 heterocycles. The van der Waals surface area contributed by atoms with Crippen LogP contribution in [0.15, 0.2) is 84.9 Å². The molecule has 5 atom stereocenters. The zero-order valence-electron chi connectivity index (χ0n) is 25.7. The maximum Gasteiger partial charge on any atom is 0.303 e. The Balaban J connectivity index is 1.95. The first-order chi connectivity index (χ1) is 21.5. The van der Waals surface area contributed by atoms with Gasteiger partial charge in [-0.05, 0) is 28.8 Å². The maximum atomic E-state index is 12.5. The zero-order valence-corrected chi connectivity index (χ0v) is 26.5.